The van der Waals surface area contributed by atoms with Crippen molar-refractivity contribution in [1.82, 2.24) is 20.1 Å². The maximum absolute atomic E-state index is 4.72. The van der Waals surface area contributed by atoms with E-state index in [1.54, 1.807) is 0 Å². The van der Waals surface area contributed by atoms with Crippen LogP contribution in [0.15, 0.2) is 24.4 Å². The second-order valence-corrected chi connectivity index (χ2v) is 6.37. The van der Waals surface area contributed by atoms with E-state index < -0.39 is 0 Å². The predicted octanol–water partition coefficient (Wildman–Crippen LogP) is 0.168. The Morgan fingerprint density at radius 1 is 1.21 bits per heavy atom. The maximum atomic E-state index is 4.72. The maximum Gasteiger partial charge on any atom is 0.0536 e. The van der Waals surface area contributed by atoms with Gasteiger partial charge in [0.1, 0.15) is 0 Å². The summed E-state index contributed by atoms with van der Waals surface area (Å²) in [6, 6.07) is 6.94. The lowest BCUT2D eigenvalue weighted by atomic mass is 9.66. The predicted molar refractivity (Wildman–Crippen MR) is 75.1 cm³/mol. The molecule has 4 aliphatic rings. The van der Waals surface area contributed by atoms with Gasteiger partial charge in [-0.05, 0) is 19.2 Å². The minimum absolute atomic E-state index is 0.174. The summed E-state index contributed by atoms with van der Waals surface area (Å²) in [6.45, 7) is 7.25. The van der Waals surface area contributed by atoms with Gasteiger partial charge in [0, 0.05) is 57.4 Å². The lowest BCUT2D eigenvalue weighted by Crippen LogP contribution is -2.69. The summed E-state index contributed by atoms with van der Waals surface area (Å²) < 4.78 is 0. The molecule has 0 aliphatic carbocycles. The van der Waals surface area contributed by atoms with E-state index >= 15 is 0 Å². The van der Waals surface area contributed by atoms with Crippen LogP contribution in [-0.4, -0.2) is 67.1 Å². The van der Waals surface area contributed by atoms with Gasteiger partial charge in [-0.2, -0.15) is 0 Å². The molecule has 4 bridgehead atoms. The number of hydrogen-bond acceptors (Lipinski definition) is 4. The first-order chi connectivity index (χ1) is 9.32. The molecule has 1 aromatic heterocycles. The van der Waals surface area contributed by atoms with Crippen LogP contribution in [0.2, 0.25) is 0 Å². The summed E-state index contributed by atoms with van der Waals surface area (Å²) in [4.78, 5) is 10.0. The summed E-state index contributed by atoms with van der Waals surface area (Å²) in [6.07, 6.45) is 1.95. The summed E-state index contributed by atoms with van der Waals surface area (Å²) in [5, 5.41) is 3.62. The molecule has 4 fully saturated rings. The Morgan fingerprint density at radius 3 is 2.53 bits per heavy atom. The second-order valence-electron chi connectivity index (χ2n) is 6.37. The second kappa shape index (κ2) is 4.27. The summed E-state index contributed by atoms with van der Waals surface area (Å²) >= 11 is 0. The Bertz CT molecular complexity index is 444. The number of hydrogen-bond donors (Lipinski definition) is 1. The zero-order valence-corrected chi connectivity index (χ0v) is 11.5. The van der Waals surface area contributed by atoms with Gasteiger partial charge in [0.15, 0.2) is 0 Å². The first kappa shape index (κ1) is 11.8. The van der Waals surface area contributed by atoms with E-state index in [1.165, 1.54) is 31.9 Å². The van der Waals surface area contributed by atoms with Crippen molar-refractivity contribution in [2.24, 2.45) is 5.92 Å². The number of pyridine rings is 1. The van der Waals surface area contributed by atoms with Crippen LogP contribution in [0, 0.1) is 5.92 Å². The first-order valence-electron chi connectivity index (χ1n) is 7.35. The fourth-order valence-electron chi connectivity index (χ4n) is 4.67. The van der Waals surface area contributed by atoms with E-state index in [0.29, 0.717) is 6.04 Å². The number of fused-ring (bicyclic) bond motifs is 1. The molecule has 0 aromatic carbocycles. The standard InChI is InChI=1S/C15H22N4/c1-16-14-12-8-18-6-7-19(9-12)11-15(14,10-18)13-4-2-3-5-17-13/h2-5,12,14,16H,6-11H2,1H3. The smallest absolute Gasteiger partial charge is 0.0536 e. The van der Waals surface area contributed by atoms with Crippen molar-refractivity contribution >= 4 is 0 Å². The van der Waals surface area contributed by atoms with E-state index in [4.69, 9.17) is 4.98 Å². The molecule has 4 saturated heterocycles. The molecule has 0 radical (unpaired) electrons. The van der Waals surface area contributed by atoms with Gasteiger partial charge in [-0.15, -0.1) is 0 Å². The third-order valence-corrected chi connectivity index (χ3v) is 5.28. The van der Waals surface area contributed by atoms with Gasteiger partial charge in [-0.25, -0.2) is 0 Å². The van der Waals surface area contributed by atoms with Crippen molar-refractivity contribution in [2.45, 2.75) is 11.5 Å². The SMILES string of the molecule is CNC1C2CN3CCN(C2)CC1(c1ccccn1)C3. The van der Waals surface area contributed by atoms with Crippen LogP contribution in [0.4, 0.5) is 0 Å². The third-order valence-electron chi connectivity index (χ3n) is 5.28. The van der Waals surface area contributed by atoms with E-state index in [0.717, 1.165) is 19.0 Å². The van der Waals surface area contributed by atoms with Gasteiger partial charge in [-0.3, -0.25) is 4.98 Å². The van der Waals surface area contributed by atoms with Crippen LogP contribution in [0.5, 0.6) is 0 Å². The van der Waals surface area contributed by atoms with Crippen LogP contribution in [0.25, 0.3) is 0 Å². The molecule has 5 heterocycles. The Balaban J connectivity index is 1.83. The Kier molecular flexibility index (Phi) is 2.65. The minimum Gasteiger partial charge on any atom is -0.316 e. The Hall–Kier alpha value is -0.970. The molecule has 0 spiro atoms. The lowest BCUT2D eigenvalue weighted by molar-refractivity contribution is 0.0194. The number of likely N-dealkylation sites (N-methyl/N-ethyl adjacent to an activating group) is 1. The van der Waals surface area contributed by atoms with Crippen molar-refractivity contribution in [3.63, 3.8) is 0 Å². The highest BCUT2D eigenvalue weighted by Gasteiger charge is 2.55. The molecule has 0 amide bonds. The molecule has 4 nitrogen and oxygen atoms in total. The molecule has 3 unspecified atom stereocenters. The van der Waals surface area contributed by atoms with E-state index in [-0.39, 0.29) is 5.41 Å². The molecule has 4 aliphatic heterocycles. The van der Waals surface area contributed by atoms with Gasteiger partial charge in [0.05, 0.1) is 11.1 Å². The van der Waals surface area contributed by atoms with Crippen LogP contribution in [-0.2, 0) is 5.41 Å². The number of aromatic nitrogens is 1. The van der Waals surface area contributed by atoms with Gasteiger partial charge in [0.2, 0.25) is 0 Å². The van der Waals surface area contributed by atoms with Crippen molar-refractivity contribution in [3.05, 3.63) is 30.1 Å². The van der Waals surface area contributed by atoms with Crippen molar-refractivity contribution in [1.29, 1.82) is 0 Å². The lowest BCUT2D eigenvalue weighted by Gasteiger charge is -2.55. The van der Waals surface area contributed by atoms with Crippen LogP contribution in [0.3, 0.4) is 0 Å². The van der Waals surface area contributed by atoms with Crippen LogP contribution in [0.1, 0.15) is 5.69 Å². The molecule has 4 heteroatoms. The topological polar surface area (TPSA) is 31.4 Å². The van der Waals surface area contributed by atoms with E-state index in [9.17, 15) is 0 Å². The highest BCUT2D eigenvalue weighted by molar-refractivity contribution is 5.27. The third kappa shape index (κ3) is 1.67. The van der Waals surface area contributed by atoms with Gasteiger partial charge in [-0.1, -0.05) is 6.07 Å². The number of nitrogens with one attached hydrogen (secondary N) is 1. The fraction of sp³-hybridized carbons (Fsp3) is 0.667. The first-order valence-corrected chi connectivity index (χ1v) is 7.35. The Labute approximate surface area is 114 Å². The van der Waals surface area contributed by atoms with Crippen molar-refractivity contribution < 1.29 is 0 Å². The molecule has 5 rings (SSSR count). The molecule has 1 aromatic rings. The van der Waals surface area contributed by atoms with E-state index in [1.807, 2.05) is 12.3 Å². The number of piperidine rings is 2. The summed E-state index contributed by atoms with van der Waals surface area (Å²) in [5.74, 6) is 0.733. The largest absolute Gasteiger partial charge is 0.316 e. The zero-order chi connectivity index (χ0) is 12.9. The molecule has 3 atom stereocenters. The molecule has 1 N–H and O–H groups in total. The zero-order valence-electron chi connectivity index (χ0n) is 11.5. The molecular weight excluding hydrogens is 236 g/mol. The number of rotatable bonds is 2. The van der Waals surface area contributed by atoms with Crippen LogP contribution < -0.4 is 5.32 Å². The summed E-state index contributed by atoms with van der Waals surface area (Å²) in [5.41, 5.74) is 1.45. The molecule has 19 heavy (non-hydrogen) atoms. The number of nitrogens with zero attached hydrogens (tertiary/aromatic N) is 3. The van der Waals surface area contributed by atoms with E-state index in [2.05, 4.69) is 34.3 Å². The molecular formula is C15H22N4. The summed E-state index contributed by atoms with van der Waals surface area (Å²) in [7, 11) is 2.12. The molecule has 0 saturated carbocycles. The van der Waals surface area contributed by atoms with Gasteiger partial charge < -0.3 is 15.1 Å². The average Bonchev–Trinajstić information content (AvgIpc) is 2.68. The van der Waals surface area contributed by atoms with Crippen molar-refractivity contribution in [3.8, 4) is 0 Å². The van der Waals surface area contributed by atoms with Crippen molar-refractivity contribution in [2.75, 3.05) is 46.3 Å². The highest BCUT2D eigenvalue weighted by Crippen LogP contribution is 2.42. The van der Waals surface area contributed by atoms with Gasteiger partial charge in [0.25, 0.3) is 0 Å². The van der Waals surface area contributed by atoms with Crippen LogP contribution >= 0.6 is 0 Å². The van der Waals surface area contributed by atoms with Gasteiger partial charge >= 0.3 is 0 Å². The fourth-order valence-corrected chi connectivity index (χ4v) is 4.67. The highest BCUT2D eigenvalue weighted by atomic mass is 15.3. The normalized spacial score (nSPS) is 44.3. The molecule has 102 valence electrons. The monoisotopic (exact) mass is 258 g/mol. The quantitative estimate of drug-likeness (QED) is 0.819. The Morgan fingerprint density at radius 2 is 1.95 bits per heavy atom. The minimum atomic E-state index is 0.174. The average molecular weight is 258 g/mol.